The first-order chi connectivity index (χ1) is 17.2. The Morgan fingerprint density at radius 3 is 2.17 bits per heavy atom. The fourth-order valence-electron chi connectivity index (χ4n) is 4.35. The summed E-state index contributed by atoms with van der Waals surface area (Å²) >= 11 is 0. The highest BCUT2D eigenvalue weighted by Gasteiger charge is 2.23. The lowest BCUT2D eigenvalue weighted by Gasteiger charge is -2.37. The SMILES string of the molecule is COc1ccc(N2CCN(c3nnc(C(=O)Nc4cccc(OC)c4)c4ccccc34)CC2)cc1. The third-order valence-electron chi connectivity index (χ3n) is 6.23. The Balaban J connectivity index is 1.35. The summed E-state index contributed by atoms with van der Waals surface area (Å²) in [5.41, 5.74) is 2.11. The van der Waals surface area contributed by atoms with Crippen molar-refractivity contribution in [1.82, 2.24) is 10.2 Å². The standard InChI is InChI=1S/C27H27N5O3/c1-34-21-12-10-20(11-13-21)31-14-16-32(17-15-31)26-24-9-4-3-8-23(24)25(29-30-26)27(33)28-19-6-5-7-22(18-19)35-2/h3-13,18H,14-17H2,1-2H3,(H,28,33). The lowest BCUT2D eigenvalue weighted by Crippen LogP contribution is -2.47. The van der Waals surface area contributed by atoms with Crippen LogP contribution in [0.3, 0.4) is 0 Å². The number of benzene rings is 3. The fraction of sp³-hybridized carbons (Fsp3) is 0.222. The average molecular weight is 470 g/mol. The molecule has 0 radical (unpaired) electrons. The monoisotopic (exact) mass is 469 g/mol. The molecule has 1 fully saturated rings. The largest absolute Gasteiger partial charge is 0.497 e. The summed E-state index contributed by atoms with van der Waals surface area (Å²) in [5, 5.41) is 13.4. The zero-order chi connectivity index (χ0) is 24.2. The Morgan fingerprint density at radius 1 is 0.771 bits per heavy atom. The van der Waals surface area contributed by atoms with Crippen molar-refractivity contribution in [2.75, 3.05) is 55.5 Å². The number of hydrogen-bond acceptors (Lipinski definition) is 7. The normalized spacial score (nSPS) is 13.5. The first-order valence-electron chi connectivity index (χ1n) is 11.5. The number of anilines is 3. The molecule has 0 atom stereocenters. The number of hydrogen-bond donors (Lipinski definition) is 1. The van der Waals surface area contributed by atoms with Gasteiger partial charge in [0.25, 0.3) is 5.91 Å². The number of nitrogens with zero attached hydrogens (tertiary/aromatic N) is 4. The molecule has 1 aromatic heterocycles. The van der Waals surface area contributed by atoms with Crippen LogP contribution in [0, 0.1) is 0 Å². The van der Waals surface area contributed by atoms with Crippen LogP contribution < -0.4 is 24.6 Å². The number of rotatable bonds is 6. The summed E-state index contributed by atoms with van der Waals surface area (Å²) in [6, 6.07) is 23.2. The lowest BCUT2D eigenvalue weighted by molar-refractivity contribution is 0.102. The molecular weight excluding hydrogens is 442 g/mol. The minimum atomic E-state index is -0.308. The zero-order valence-corrected chi connectivity index (χ0v) is 19.8. The van der Waals surface area contributed by atoms with Gasteiger partial charge in [-0.2, -0.15) is 0 Å². The number of fused-ring (bicyclic) bond motifs is 1. The number of amides is 1. The molecule has 0 spiro atoms. The summed E-state index contributed by atoms with van der Waals surface area (Å²) in [6.07, 6.45) is 0. The molecule has 35 heavy (non-hydrogen) atoms. The van der Waals surface area contributed by atoms with E-state index in [2.05, 4.69) is 37.4 Å². The molecule has 1 saturated heterocycles. The predicted octanol–water partition coefficient (Wildman–Crippen LogP) is 4.23. The van der Waals surface area contributed by atoms with Crippen LogP contribution in [0.4, 0.5) is 17.2 Å². The van der Waals surface area contributed by atoms with Gasteiger partial charge in [0.15, 0.2) is 11.5 Å². The molecule has 1 N–H and O–H groups in total. The molecule has 0 saturated carbocycles. The second-order valence-corrected chi connectivity index (χ2v) is 8.28. The van der Waals surface area contributed by atoms with Gasteiger partial charge in [-0.3, -0.25) is 4.79 Å². The van der Waals surface area contributed by atoms with Crippen molar-refractivity contribution in [3.8, 4) is 11.5 Å². The van der Waals surface area contributed by atoms with E-state index in [0.29, 0.717) is 17.1 Å². The number of ether oxygens (including phenoxy) is 2. The Hall–Kier alpha value is -4.33. The van der Waals surface area contributed by atoms with E-state index in [9.17, 15) is 4.79 Å². The van der Waals surface area contributed by atoms with E-state index in [1.807, 2.05) is 54.6 Å². The van der Waals surface area contributed by atoms with E-state index >= 15 is 0 Å². The average Bonchev–Trinajstić information content (AvgIpc) is 2.92. The number of methoxy groups -OCH3 is 2. The maximum absolute atomic E-state index is 13.1. The molecule has 178 valence electrons. The first kappa shape index (κ1) is 22.5. The maximum atomic E-state index is 13.1. The minimum Gasteiger partial charge on any atom is -0.497 e. The Morgan fingerprint density at radius 2 is 1.46 bits per heavy atom. The van der Waals surface area contributed by atoms with E-state index in [0.717, 1.165) is 48.5 Å². The van der Waals surface area contributed by atoms with Crippen molar-refractivity contribution in [1.29, 1.82) is 0 Å². The number of aromatic nitrogens is 2. The number of nitrogens with one attached hydrogen (secondary N) is 1. The van der Waals surface area contributed by atoms with Crippen LogP contribution in [0.5, 0.6) is 11.5 Å². The van der Waals surface area contributed by atoms with Crippen molar-refractivity contribution in [2.24, 2.45) is 0 Å². The van der Waals surface area contributed by atoms with Crippen LogP contribution >= 0.6 is 0 Å². The van der Waals surface area contributed by atoms with Crippen LogP contribution in [0.2, 0.25) is 0 Å². The summed E-state index contributed by atoms with van der Waals surface area (Å²) in [7, 11) is 3.27. The fourth-order valence-corrected chi connectivity index (χ4v) is 4.35. The predicted molar refractivity (Wildman–Crippen MR) is 138 cm³/mol. The number of piperazine rings is 1. The van der Waals surface area contributed by atoms with Gasteiger partial charge in [-0.25, -0.2) is 0 Å². The molecule has 5 rings (SSSR count). The summed E-state index contributed by atoms with van der Waals surface area (Å²) < 4.78 is 10.5. The maximum Gasteiger partial charge on any atom is 0.276 e. The topological polar surface area (TPSA) is 79.8 Å². The van der Waals surface area contributed by atoms with Gasteiger partial charge in [-0.15, -0.1) is 10.2 Å². The smallest absolute Gasteiger partial charge is 0.276 e. The second kappa shape index (κ2) is 9.89. The van der Waals surface area contributed by atoms with Crippen LogP contribution in [0.15, 0.2) is 72.8 Å². The van der Waals surface area contributed by atoms with E-state index in [-0.39, 0.29) is 5.91 Å². The minimum absolute atomic E-state index is 0.295. The van der Waals surface area contributed by atoms with E-state index in [4.69, 9.17) is 9.47 Å². The van der Waals surface area contributed by atoms with Crippen LogP contribution in [0.1, 0.15) is 10.5 Å². The van der Waals surface area contributed by atoms with Crippen LogP contribution in [-0.4, -0.2) is 56.5 Å². The quantitative estimate of drug-likeness (QED) is 0.453. The molecule has 8 nitrogen and oxygen atoms in total. The Labute approximate surface area is 204 Å². The van der Waals surface area contributed by atoms with Crippen molar-refractivity contribution in [3.05, 3.63) is 78.5 Å². The molecular formula is C27H27N5O3. The molecule has 1 amide bonds. The molecule has 3 aromatic carbocycles. The van der Waals surface area contributed by atoms with Gasteiger partial charge >= 0.3 is 0 Å². The van der Waals surface area contributed by atoms with Crippen molar-refractivity contribution >= 4 is 33.9 Å². The molecule has 2 heterocycles. The number of carbonyl (C=O) groups is 1. The Kier molecular flexibility index (Phi) is 6.34. The van der Waals surface area contributed by atoms with Crippen LogP contribution in [0.25, 0.3) is 10.8 Å². The van der Waals surface area contributed by atoms with Crippen molar-refractivity contribution in [2.45, 2.75) is 0 Å². The summed E-state index contributed by atoms with van der Waals surface area (Å²) in [4.78, 5) is 17.7. The molecule has 1 aliphatic heterocycles. The lowest BCUT2D eigenvalue weighted by atomic mass is 10.1. The summed E-state index contributed by atoms with van der Waals surface area (Å²) in [5.74, 6) is 2.01. The van der Waals surface area contributed by atoms with Gasteiger partial charge in [0.05, 0.1) is 14.2 Å². The molecule has 8 heteroatoms. The third kappa shape index (κ3) is 4.68. The summed E-state index contributed by atoms with van der Waals surface area (Å²) in [6.45, 7) is 3.33. The van der Waals surface area contributed by atoms with E-state index in [1.165, 1.54) is 5.69 Å². The van der Waals surface area contributed by atoms with Crippen molar-refractivity contribution in [3.63, 3.8) is 0 Å². The van der Waals surface area contributed by atoms with Gasteiger partial charge in [0, 0.05) is 54.4 Å². The Bertz CT molecular complexity index is 1330. The number of carbonyl (C=O) groups excluding carboxylic acids is 1. The molecule has 4 aromatic rings. The van der Waals surface area contributed by atoms with Gasteiger partial charge in [-0.05, 0) is 36.4 Å². The van der Waals surface area contributed by atoms with Gasteiger partial charge in [0.1, 0.15) is 11.5 Å². The molecule has 0 unspecified atom stereocenters. The highest BCUT2D eigenvalue weighted by Crippen LogP contribution is 2.29. The first-order valence-corrected chi connectivity index (χ1v) is 11.5. The molecule has 0 aliphatic carbocycles. The van der Waals surface area contributed by atoms with E-state index in [1.54, 1.807) is 20.3 Å². The van der Waals surface area contributed by atoms with Crippen molar-refractivity contribution < 1.29 is 14.3 Å². The van der Waals surface area contributed by atoms with Gasteiger partial charge < -0.3 is 24.6 Å². The highest BCUT2D eigenvalue weighted by atomic mass is 16.5. The zero-order valence-electron chi connectivity index (χ0n) is 19.8. The third-order valence-corrected chi connectivity index (χ3v) is 6.23. The van der Waals surface area contributed by atoms with Gasteiger partial charge in [0.2, 0.25) is 0 Å². The second-order valence-electron chi connectivity index (χ2n) is 8.28. The van der Waals surface area contributed by atoms with Crippen LogP contribution in [-0.2, 0) is 0 Å². The molecule has 0 bridgehead atoms. The van der Waals surface area contributed by atoms with E-state index < -0.39 is 0 Å². The highest BCUT2D eigenvalue weighted by molar-refractivity contribution is 6.12. The molecule has 1 aliphatic rings. The van der Waals surface area contributed by atoms with Gasteiger partial charge in [-0.1, -0.05) is 30.3 Å².